The molecular weight excluding hydrogens is 615 g/mol. The molecule has 5 heteroatoms. The molecular formula is C45H29N3O2. The van der Waals surface area contributed by atoms with Crippen molar-refractivity contribution >= 4 is 21.9 Å². The standard InChI is InChI=1S/C45H29N3O2/c49-42-35(34-24-27-40-38(28-34)36-18-10-11-19-39(36)50-40)25-26-37(41(42)31-14-6-2-7-15-31)45-47-43(32-16-8-3-9-17-32)46-44(48-45)33-22-20-30(21-23-33)29-12-4-1-5-13-29/h1-28,49H. The molecule has 9 aromatic rings. The summed E-state index contributed by atoms with van der Waals surface area (Å²) in [5.74, 6) is 1.72. The molecule has 0 aliphatic rings. The van der Waals surface area contributed by atoms with E-state index in [1.54, 1.807) is 0 Å². The lowest BCUT2D eigenvalue weighted by Gasteiger charge is -2.16. The summed E-state index contributed by atoms with van der Waals surface area (Å²) >= 11 is 0. The fraction of sp³-hybridized carbons (Fsp3) is 0. The van der Waals surface area contributed by atoms with Gasteiger partial charge in [0.15, 0.2) is 17.5 Å². The van der Waals surface area contributed by atoms with E-state index >= 15 is 0 Å². The summed E-state index contributed by atoms with van der Waals surface area (Å²) in [6.07, 6.45) is 0. The van der Waals surface area contributed by atoms with Gasteiger partial charge in [-0.1, -0.05) is 140 Å². The number of rotatable bonds is 6. The summed E-state index contributed by atoms with van der Waals surface area (Å²) in [7, 11) is 0. The zero-order chi connectivity index (χ0) is 33.4. The number of hydrogen-bond acceptors (Lipinski definition) is 5. The van der Waals surface area contributed by atoms with Gasteiger partial charge in [0.1, 0.15) is 16.9 Å². The topological polar surface area (TPSA) is 72.0 Å². The Bertz CT molecular complexity index is 2630. The maximum absolute atomic E-state index is 12.2. The zero-order valence-corrected chi connectivity index (χ0v) is 26.9. The molecule has 0 radical (unpaired) electrons. The van der Waals surface area contributed by atoms with Crippen LogP contribution in [0.5, 0.6) is 5.75 Å². The summed E-state index contributed by atoms with van der Waals surface area (Å²) < 4.78 is 6.08. The second kappa shape index (κ2) is 12.3. The van der Waals surface area contributed by atoms with Gasteiger partial charge in [-0.2, -0.15) is 0 Å². The summed E-state index contributed by atoms with van der Waals surface area (Å²) in [5.41, 5.74) is 9.42. The second-order valence-electron chi connectivity index (χ2n) is 12.2. The maximum atomic E-state index is 12.2. The Hall–Kier alpha value is -6.85. The van der Waals surface area contributed by atoms with E-state index in [0.717, 1.165) is 55.3 Å². The molecule has 0 atom stereocenters. The first-order valence-electron chi connectivity index (χ1n) is 16.5. The molecule has 0 spiro atoms. The smallest absolute Gasteiger partial charge is 0.164 e. The Morgan fingerprint density at radius 3 is 1.54 bits per heavy atom. The third-order valence-electron chi connectivity index (χ3n) is 9.09. The van der Waals surface area contributed by atoms with Gasteiger partial charge in [-0.15, -0.1) is 0 Å². The van der Waals surface area contributed by atoms with E-state index in [0.29, 0.717) is 34.2 Å². The number of aromatic nitrogens is 3. The predicted molar refractivity (Wildman–Crippen MR) is 201 cm³/mol. The lowest BCUT2D eigenvalue weighted by molar-refractivity contribution is 0.479. The number of para-hydroxylation sites is 1. The molecule has 0 saturated heterocycles. The molecule has 2 aromatic heterocycles. The lowest BCUT2D eigenvalue weighted by atomic mass is 9.92. The lowest BCUT2D eigenvalue weighted by Crippen LogP contribution is -2.01. The van der Waals surface area contributed by atoms with Gasteiger partial charge in [0.2, 0.25) is 0 Å². The normalized spacial score (nSPS) is 11.3. The highest BCUT2D eigenvalue weighted by atomic mass is 16.3. The van der Waals surface area contributed by atoms with Crippen molar-refractivity contribution in [3.05, 3.63) is 170 Å². The largest absolute Gasteiger partial charge is 0.507 e. The summed E-state index contributed by atoms with van der Waals surface area (Å²) in [6.45, 7) is 0. The van der Waals surface area contributed by atoms with Crippen molar-refractivity contribution in [2.75, 3.05) is 0 Å². The molecule has 0 saturated carbocycles. The highest BCUT2D eigenvalue weighted by Crippen LogP contribution is 2.45. The van der Waals surface area contributed by atoms with Crippen LogP contribution in [0.2, 0.25) is 0 Å². The van der Waals surface area contributed by atoms with Crippen LogP contribution in [0.4, 0.5) is 0 Å². The quantitative estimate of drug-likeness (QED) is 0.195. The van der Waals surface area contributed by atoms with Crippen LogP contribution in [-0.2, 0) is 0 Å². The summed E-state index contributed by atoms with van der Waals surface area (Å²) in [4.78, 5) is 15.0. The van der Waals surface area contributed by atoms with E-state index in [1.165, 1.54) is 0 Å². The second-order valence-corrected chi connectivity index (χ2v) is 12.2. The van der Waals surface area contributed by atoms with Crippen molar-refractivity contribution in [2.24, 2.45) is 0 Å². The molecule has 1 N–H and O–H groups in total. The van der Waals surface area contributed by atoms with Gasteiger partial charge in [0.05, 0.1) is 0 Å². The third kappa shape index (κ3) is 5.27. The van der Waals surface area contributed by atoms with Crippen LogP contribution in [0.1, 0.15) is 0 Å². The Kier molecular flexibility index (Phi) is 7.21. The molecule has 0 bridgehead atoms. The SMILES string of the molecule is Oc1c(-c2ccc3oc4ccccc4c3c2)ccc(-c2nc(-c3ccccc3)nc(-c3ccc(-c4ccccc4)cc3)n2)c1-c1ccccc1. The minimum atomic E-state index is 0.149. The molecule has 50 heavy (non-hydrogen) atoms. The van der Waals surface area contributed by atoms with E-state index in [-0.39, 0.29) is 5.75 Å². The number of phenolic OH excluding ortho intramolecular Hbond substituents is 1. The van der Waals surface area contributed by atoms with Gasteiger partial charge in [0.25, 0.3) is 0 Å². The molecule has 9 rings (SSSR count). The predicted octanol–water partition coefficient (Wildman–Crippen LogP) is 11.5. The van der Waals surface area contributed by atoms with E-state index in [1.807, 2.05) is 133 Å². The summed E-state index contributed by atoms with van der Waals surface area (Å²) in [6, 6.07) is 56.4. The Balaban J connectivity index is 1.23. The minimum absolute atomic E-state index is 0.149. The number of nitrogens with zero attached hydrogens (tertiary/aromatic N) is 3. The van der Waals surface area contributed by atoms with Gasteiger partial charge in [-0.05, 0) is 52.6 Å². The summed E-state index contributed by atoms with van der Waals surface area (Å²) in [5, 5.41) is 14.2. The van der Waals surface area contributed by atoms with E-state index in [4.69, 9.17) is 19.4 Å². The van der Waals surface area contributed by atoms with Crippen LogP contribution >= 0.6 is 0 Å². The Morgan fingerprint density at radius 1 is 0.360 bits per heavy atom. The van der Waals surface area contributed by atoms with Gasteiger partial charge >= 0.3 is 0 Å². The first-order chi connectivity index (χ1) is 24.7. The number of benzene rings is 7. The van der Waals surface area contributed by atoms with Crippen LogP contribution in [0.15, 0.2) is 174 Å². The van der Waals surface area contributed by atoms with Crippen LogP contribution in [0.3, 0.4) is 0 Å². The highest BCUT2D eigenvalue weighted by Gasteiger charge is 2.21. The Morgan fingerprint density at radius 2 is 0.840 bits per heavy atom. The Labute approximate surface area is 288 Å². The van der Waals surface area contributed by atoms with Crippen molar-refractivity contribution < 1.29 is 9.52 Å². The number of phenols is 1. The van der Waals surface area contributed by atoms with Gasteiger partial charge in [-0.25, -0.2) is 15.0 Å². The average molecular weight is 644 g/mol. The van der Waals surface area contributed by atoms with Gasteiger partial charge < -0.3 is 9.52 Å². The van der Waals surface area contributed by atoms with Crippen molar-refractivity contribution in [3.63, 3.8) is 0 Å². The first kappa shape index (κ1) is 29.3. The molecule has 0 fully saturated rings. The maximum Gasteiger partial charge on any atom is 0.164 e. The number of aromatic hydroxyl groups is 1. The number of hydrogen-bond donors (Lipinski definition) is 1. The molecule has 7 aromatic carbocycles. The fourth-order valence-corrected chi connectivity index (χ4v) is 6.59. The van der Waals surface area contributed by atoms with Crippen LogP contribution in [-0.4, -0.2) is 20.1 Å². The van der Waals surface area contributed by atoms with Gasteiger partial charge in [-0.3, -0.25) is 0 Å². The highest BCUT2D eigenvalue weighted by molar-refractivity contribution is 6.06. The third-order valence-corrected chi connectivity index (χ3v) is 9.09. The van der Waals surface area contributed by atoms with Crippen molar-refractivity contribution in [1.82, 2.24) is 15.0 Å². The monoisotopic (exact) mass is 643 g/mol. The first-order valence-corrected chi connectivity index (χ1v) is 16.5. The van der Waals surface area contributed by atoms with Crippen LogP contribution in [0, 0.1) is 0 Å². The average Bonchev–Trinajstić information content (AvgIpc) is 3.57. The molecule has 0 amide bonds. The van der Waals surface area contributed by atoms with Gasteiger partial charge in [0, 0.05) is 38.6 Å². The zero-order valence-electron chi connectivity index (χ0n) is 26.9. The molecule has 5 nitrogen and oxygen atoms in total. The molecule has 236 valence electrons. The molecule has 2 heterocycles. The van der Waals surface area contributed by atoms with E-state index in [9.17, 15) is 5.11 Å². The van der Waals surface area contributed by atoms with E-state index < -0.39 is 0 Å². The fourth-order valence-electron chi connectivity index (χ4n) is 6.59. The molecule has 0 aliphatic carbocycles. The molecule has 0 aliphatic heterocycles. The van der Waals surface area contributed by atoms with Crippen molar-refractivity contribution in [3.8, 4) is 73.3 Å². The van der Waals surface area contributed by atoms with Crippen molar-refractivity contribution in [1.29, 1.82) is 0 Å². The number of furan rings is 1. The number of fused-ring (bicyclic) bond motifs is 3. The van der Waals surface area contributed by atoms with E-state index in [2.05, 4.69) is 36.4 Å². The van der Waals surface area contributed by atoms with Crippen LogP contribution < -0.4 is 0 Å². The van der Waals surface area contributed by atoms with Crippen LogP contribution in [0.25, 0.3) is 89.5 Å². The molecule has 0 unspecified atom stereocenters. The minimum Gasteiger partial charge on any atom is -0.507 e. The van der Waals surface area contributed by atoms with Crippen molar-refractivity contribution in [2.45, 2.75) is 0 Å².